The number of hydrogen-bond donors (Lipinski definition) is 0. The Morgan fingerprint density at radius 1 is 1.09 bits per heavy atom. The number of alkyl halides is 1. The Labute approximate surface area is 185 Å². The van der Waals surface area contributed by atoms with Gasteiger partial charge in [0.15, 0.2) is 5.82 Å². The van der Waals surface area contributed by atoms with Crippen LogP contribution in [0.2, 0.25) is 0 Å². The molecule has 32 heavy (non-hydrogen) atoms. The lowest BCUT2D eigenvalue weighted by atomic mass is 9.75. The number of carbonyl (C=O) groups excluding carboxylic acids is 1. The van der Waals surface area contributed by atoms with Crippen LogP contribution in [0.15, 0.2) is 69.8 Å². The van der Waals surface area contributed by atoms with Crippen molar-refractivity contribution in [3.63, 3.8) is 0 Å². The summed E-state index contributed by atoms with van der Waals surface area (Å²) < 4.78 is 24.1. The van der Waals surface area contributed by atoms with Gasteiger partial charge < -0.3 is 9.26 Å². The molecule has 0 fully saturated rings. The monoisotopic (exact) mass is 433 g/mol. The maximum atomic E-state index is 13.4. The van der Waals surface area contributed by atoms with Gasteiger partial charge in [-0.15, -0.1) is 0 Å². The molecule has 0 spiro atoms. The van der Waals surface area contributed by atoms with Crippen LogP contribution in [0.1, 0.15) is 48.2 Å². The molecule has 0 radical (unpaired) electrons. The number of ether oxygens (including phenoxy) is 1. The second-order valence-electron chi connectivity index (χ2n) is 7.79. The van der Waals surface area contributed by atoms with Crippen LogP contribution in [-0.2, 0) is 22.6 Å². The third-order valence-corrected chi connectivity index (χ3v) is 5.65. The number of halogens is 1. The molecule has 1 aromatic heterocycles. The number of hydrogen-bond acceptors (Lipinski definition) is 6. The van der Waals surface area contributed by atoms with E-state index in [1.165, 1.54) is 7.11 Å². The van der Waals surface area contributed by atoms with Gasteiger partial charge in [0.1, 0.15) is 12.6 Å². The molecule has 1 aliphatic rings. The van der Waals surface area contributed by atoms with Gasteiger partial charge >= 0.3 is 5.97 Å². The van der Waals surface area contributed by atoms with Gasteiger partial charge in [-0.05, 0) is 30.5 Å². The van der Waals surface area contributed by atoms with E-state index in [1.54, 1.807) is 25.1 Å². The third kappa shape index (κ3) is 4.23. The maximum Gasteiger partial charge on any atom is 0.315 e. The van der Waals surface area contributed by atoms with Crippen molar-refractivity contribution in [3.05, 3.63) is 88.7 Å². The molecular weight excluding hydrogens is 409 g/mol. The van der Waals surface area contributed by atoms with E-state index in [0.717, 1.165) is 11.1 Å². The van der Waals surface area contributed by atoms with Crippen molar-refractivity contribution >= 4 is 17.3 Å². The molecule has 0 saturated heterocycles. The summed E-state index contributed by atoms with van der Waals surface area (Å²) in [5.41, 5.74) is 4.29. The second kappa shape index (κ2) is 9.26. The van der Waals surface area contributed by atoms with Crippen molar-refractivity contribution in [3.8, 4) is 0 Å². The smallest absolute Gasteiger partial charge is 0.315 e. The molecule has 2 aromatic carbocycles. The van der Waals surface area contributed by atoms with Crippen molar-refractivity contribution in [1.29, 1.82) is 0 Å². The van der Waals surface area contributed by atoms with Crippen molar-refractivity contribution in [2.75, 3.05) is 7.11 Å². The first kappa shape index (κ1) is 21.6. The number of rotatable bonds is 6. The molecular formula is C25H24FN3O3. The Morgan fingerprint density at radius 3 is 2.56 bits per heavy atom. The lowest BCUT2D eigenvalue weighted by Gasteiger charge is -2.31. The van der Waals surface area contributed by atoms with Crippen LogP contribution in [-0.4, -0.2) is 28.9 Å². The number of nitrogens with zero attached hydrogens (tertiary/aromatic N) is 3. The van der Waals surface area contributed by atoms with Crippen LogP contribution in [0.4, 0.5) is 4.39 Å². The van der Waals surface area contributed by atoms with Gasteiger partial charge in [-0.3, -0.25) is 9.79 Å². The van der Waals surface area contributed by atoms with Crippen molar-refractivity contribution in [2.24, 2.45) is 10.9 Å². The van der Waals surface area contributed by atoms with Gasteiger partial charge in [-0.25, -0.2) is 4.39 Å². The first-order valence-corrected chi connectivity index (χ1v) is 10.4. The summed E-state index contributed by atoms with van der Waals surface area (Å²) >= 11 is 0. The van der Waals surface area contributed by atoms with Crippen LogP contribution >= 0.6 is 0 Å². The topological polar surface area (TPSA) is 77.6 Å². The van der Waals surface area contributed by atoms with Crippen LogP contribution < -0.4 is 0 Å². The molecule has 0 amide bonds. The van der Waals surface area contributed by atoms with Crippen LogP contribution in [0.5, 0.6) is 0 Å². The second-order valence-corrected chi connectivity index (χ2v) is 7.79. The minimum atomic E-state index is -0.682. The van der Waals surface area contributed by atoms with Gasteiger partial charge in [0.25, 0.3) is 5.89 Å². The van der Waals surface area contributed by atoms with E-state index < -0.39 is 24.5 Å². The van der Waals surface area contributed by atoms with E-state index in [1.807, 2.05) is 43.3 Å². The molecule has 2 atom stereocenters. The highest BCUT2D eigenvalue weighted by Gasteiger charge is 2.41. The predicted molar refractivity (Wildman–Crippen MR) is 119 cm³/mol. The molecule has 3 aromatic rings. The Bertz CT molecular complexity index is 1180. The normalized spacial score (nSPS) is 18.4. The first-order chi connectivity index (χ1) is 15.5. The fourth-order valence-electron chi connectivity index (χ4n) is 4.19. The zero-order valence-electron chi connectivity index (χ0n) is 18.2. The zero-order chi connectivity index (χ0) is 22.7. The standard InChI is InChI=1S/C25H24FN3O3/c1-15-21(24-28-20(29-32-24)13-17-8-5-4-6-9-17)23(19-11-7-10-18(12-19)14-26)22(16(2)27-15)25(30)31-3/h4-12,22-23H,13-14H2,1-3H3. The van der Waals surface area contributed by atoms with E-state index in [0.29, 0.717) is 40.7 Å². The summed E-state index contributed by atoms with van der Waals surface area (Å²) in [6.45, 7) is 3.04. The summed E-state index contributed by atoms with van der Waals surface area (Å²) in [5, 5.41) is 4.15. The van der Waals surface area contributed by atoms with E-state index >= 15 is 0 Å². The van der Waals surface area contributed by atoms with Gasteiger partial charge in [0, 0.05) is 29.3 Å². The summed E-state index contributed by atoms with van der Waals surface area (Å²) in [6.07, 6.45) is 0.515. The molecule has 0 saturated carbocycles. The SMILES string of the molecule is COC(=O)C1C(C)=NC(C)=C(c2nc(Cc3ccccc3)no2)C1c1cccc(CF)c1. The minimum absolute atomic E-state index is 0.300. The maximum absolute atomic E-state index is 13.4. The van der Waals surface area contributed by atoms with Gasteiger partial charge in [-0.2, -0.15) is 4.98 Å². The lowest BCUT2D eigenvalue weighted by molar-refractivity contribution is -0.143. The highest BCUT2D eigenvalue weighted by atomic mass is 19.1. The number of allylic oxidation sites excluding steroid dienone is 2. The van der Waals surface area contributed by atoms with E-state index in [9.17, 15) is 9.18 Å². The average Bonchev–Trinajstić information content (AvgIpc) is 3.26. The van der Waals surface area contributed by atoms with Crippen molar-refractivity contribution in [2.45, 2.75) is 32.9 Å². The fourth-order valence-corrected chi connectivity index (χ4v) is 4.19. The number of methoxy groups -OCH3 is 1. The van der Waals surface area contributed by atoms with Gasteiger partial charge in [0.05, 0.1) is 7.11 Å². The lowest BCUT2D eigenvalue weighted by Crippen LogP contribution is -2.33. The largest absolute Gasteiger partial charge is 0.468 e. The van der Waals surface area contributed by atoms with E-state index in [-0.39, 0.29) is 0 Å². The van der Waals surface area contributed by atoms with Gasteiger partial charge in [0.2, 0.25) is 0 Å². The fraction of sp³-hybridized carbons (Fsp3) is 0.280. The van der Waals surface area contributed by atoms with Crippen LogP contribution in [0, 0.1) is 5.92 Å². The number of aromatic nitrogens is 2. The third-order valence-electron chi connectivity index (χ3n) is 5.65. The number of benzene rings is 2. The molecule has 1 aliphatic heterocycles. The number of carbonyl (C=O) groups is 1. The minimum Gasteiger partial charge on any atom is -0.468 e. The van der Waals surface area contributed by atoms with Crippen LogP contribution in [0.3, 0.4) is 0 Å². The van der Waals surface area contributed by atoms with Crippen molar-refractivity contribution in [1.82, 2.24) is 10.1 Å². The average molecular weight is 433 g/mol. The van der Waals surface area contributed by atoms with Gasteiger partial charge in [-0.1, -0.05) is 59.8 Å². The van der Waals surface area contributed by atoms with Crippen LogP contribution in [0.25, 0.3) is 5.57 Å². The first-order valence-electron chi connectivity index (χ1n) is 10.4. The molecule has 0 bridgehead atoms. The van der Waals surface area contributed by atoms with Crippen molar-refractivity contribution < 1.29 is 18.4 Å². The summed E-state index contributed by atoms with van der Waals surface area (Å²) in [7, 11) is 1.35. The predicted octanol–water partition coefficient (Wildman–Crippen LogP) is 4.91. The Balaban J connectivity index is 1.80. The molecule has 4 rings (SSSR count). The Morgan fingerprint density at radius 2 is 1.84 bits per heavy atom. The zero-order valence-corrected chi connectivity index (χ0v) is 18.2. The highest BCUT2D eigenvalue weighted by Crippen LogP contribution is 2.44. The molecule has 7 heteroatoms. The summed E-state index contributed by atoms with van der Waals surface area (Å²) in [4.78, 5) is 22.0. The molecule has 2 heterocycles. The van der Waals surface area contributed by atoms with E-state index in [2.05, 4.69) is 15.1 Å². The number of esters is 1. The highest BCUT2D eigenvalue weighted by molar-refractivity contribution is 6.06. The molecule has 6 nitrogen and oxygen atoms in total. The molecule has 0 N–H and O–H groups in total. The Kier molecular flexibility index (Phi) is 6.25. The Hall–Kier alpha value is -3.61. The summed E-state index contributed by atoms with van der Waals surface area (Å²) in [6, 6.07) is 17.0. The molecule has 164 valence electrons. The molecule has 2 unspecified atom stereocenters. The molecule has 0 aliphatic carbocycles. The summed E-state index contributed by atoms with van der Waals surface area (Å²) in [5.74, 6) is -0.761. The van der Waals surface area contributed by atoms with E-state index in [4.69, 9.17) is 9.26 Å². The quantitative estimate of drug-likeness (QED) is 0.516. The number of aliphatic imine (C=N–C) groups is 1.